The van der Waals surface area contributed by atoms with Gasteiger partial charge < -0.3 is 9.88 Å². The molecule has 3 nitrogen and oxygen atoms in total. The second-order valence-electron chi connectivity index (χ2n) is 5.29. The summed E-state index contributed by atoms with van der Waals surface area (Å²) in [6.07, 6.45) is 2.44. The summed E-state index contributed by atoms with van der Waals surface area (Å²) >= 11 is 1.96. The fourth-order valence-electron chi connectivity index (χ4n) is 2.78. The smallest absolute Gasteiger partial charge is 0.128 e. The van der Waals surface area contributed by atoms with E-state index in [1.54, 1.807) is 6.07 Å². The third-order valence-electron chi connectivity index (χ3n) is 3.82. The molecule has 0 bridgehead atoms. The minimum Gasteiger partial charge on any atom is -0.324 e. The van der Waals surface area contributed by atoms with Crippen molar-refractivity contribution in [2.75, 3.05) is 18.1 Å². The first-order valence-corrected chi connectivity index (χ1v) is 7.97. The van der Waals surface area contributed by atoms with E-state index in [-0.39, 0.29) is 5.82 Å². The molecular weight excluding hydrogens is 261 g/mol. The SMILES string of the molecule is Fc1ccc2c(c1)nc(C1CSCCN1)n2C1CC1. The number of hydrogen-bond acceptors (Lipinski definition) is 3. The number of aromatic nitrogens is 2. The second kappa shape index (κ2) is 4.49. The number of nitrogens with zero attached hydrogens (tertiary/aromatic N) is 2. The minimum absolute atomic E-state index is 0.203. The van der Waals surface area contributed by atoms with Gasteiger partial charge in [0, 0.05) is 30.2 Å². The van der Waals surface area contributed by atoms with Gasteiger partial charge in [0.05, 0.1) is 17.1 Å². The van der Waals surface area contributed by atoms with Crippen LogP contribution in [-0.4, -0.2) is 27.6 Å². The maximum Gasteiger partial charge on any atom is 0.128 e. The van der Waals surface area contributed by atoms with Gasteiger partial charge in [-0.25, -0.2) is 9.37 Å². The zero-order valence-corrected chi connectivity index (χ0v) is 11.4. The molecule has 0 amide bonds. The molecule has 2 heterocycles. The van der Waals surface area contributed by atoms with Gasteiger partial charge in [0.25, 0.3) is 0 Å². The Bertz CT molecular complexity index is 614. The Morgan fingerprint density at radius 2 is 2.26 bits per heavy atom. The first kappa shape index (κ1) is 11.7. The van der Waals surface area contributed by atoms with Crippen molar-refractivity contribution in [2.24, 2.45) is 0 Å². The van der Waals surface area contributed by atoms with Gasteiger partial charge in [-0.3, -0.25) is 0 Å². The summed E-state index contributed by atoms with van der Waals surface area (Å²) in [5.74, 6) is 3.11. The third-order valence-corrected chi connectivity index (χ3v) is 4.89. The molecule has 1 aliphatic heterocycles. The van der Waals surface area contributed by atoms with Crippen molar-refractivity contribution >= 4 is 22.8 Å². The standard InChI is InChI=1S/C14H16FN3S/c15-9-1-4-13-11(7-9)17-14(18(13)10-2-3-10)12-8-19-6-5-16-12/h1,4,7,10,12,16H,2-3,5-6,8H2. The number of nitrogens with one attached hydrogen (secondary N) is 1. The summed E-state index contributed by atoms with van der Waals surface area (Å²) in [6, 6.07) is 5.83. The summed E-state index contributed by atoms with van der Waals surface area (Å²) in [7, 11) is 0. The molecule has 1 aliphatic carbocycles. The van der Waals surface area contributed by atoms with Crippen LogP contribution in [0.5, 0.6) is 0 Å². The molecule has 1 N–H and O–H groups in total. The normalized spacial score (nSPS) is 23.9. The summed E-state index contributed by atoms with van der Waals surface area (Å²) in [5, 5.41) is 3.54. The van der Waals surface area contributed by atoms with Crippen molar-refractivity contribution in [1.29, 1.82) is 0 Å². The number of benzene rings is 1. The Kier molecular flexibility index (Phi) is 2.77. The summed E-state index contributed by atoms with van der Waals surface area (Å²) < 4.78 is 15.7. The number of thioether (sulfide) groups is 1. The van der Waals surface area contributed by atoms with Gasteiger partial charge in [-0.05, 0) is 25.0 Å². The van der Waals surface area contributed by atoms with Crippen LogP contribution in [0.2, 0.25) is 0 Å². The van der Waals surface area contributed by atoms with Gasteiger partial charge in [-0.2, -0.15) is 11.8 Å². The van der Waals surface area contributed by atoms with Gasteiger partial charge in [-0.15, -0.1) is 0 Å². The Balaban J connectivity index is 1.85. The Hall–Kier alpha value is -1.07. The van der Waals surface area contributed by atoms with Crippen LogP contribution < -0.4 is 5.32 Å². The first-order chi connectivity index (χ1) is 9.33. The molecule has 2 aromatic rings. The van der Waals surface area contributed by atoms with E-state index in [0.29, 0.717) is 12.1 Å². The van der Waals surface area contributed by atoms with Crippen LogP contribution in [0.15, 0.2) is 18.2 Å². The molecule has 1 aromatic heterocycles. The van der Waals surface area contributed by atoms with Crippen molar-refractivity contribution < 1.29 is 4.39 Å². The van der Waals surface area contributed by atoms with E-state index >= 15 is 0 Å². The minimum atomic E-state index is -0.203. The van der Waals surface area contributed by atoms with Crippen molar-refractivity contribution in [1.82, 2.24) is 14.9 Å². The van der Waals surface area contributed by atoms with Crippen LogP contribution in [0.3, 0.4) is 0 Å². The average Bonchev–Trinajstić information content (AvgIpc) is 3.20. The van der Waals surface area contributed by atoms with E-state index < -0.39 is 0 Å². The number of imidazole rings is 1. The van der Waals surface area contributed by atoms with Crippen molar-refractivity contribution in [3.05, 3.63) is 29.8 Å². The number of rotatable bonds is 2. The molecule has 1 saturated heterocycles. The molecule has 1 unspecified atom stereocenters. The van der Waals surface area contributed by atoms with Gasteiger partial charge >= 0.3 is 0 Å². The molecule has 1 atom stereocenters. The van der Waals surface area contributed by atoms with Crippen LogP contribution in [-0.2, 0) is 0 Å². The Morgan fingerprint density at radius 3 is 3.00 bits per heavy atom. The molecule has 5 heteroatoms. The van der Waals surface area contributed by atoms with Gasteiger partial charge in [0.2, 0.25) is 0 Å². The Labute approximate surface area is 115 Å². The highest BCUT2D eigenvalue weighted by molar-refractivity contribution is 7.99. The van der Waals surface area contributed by atoms with E-state index in [1.165, 1.54) is 18.9 Å². The van der Waals surface area contributed by atoms with Crippen LogP contribution >= 0.6 is 11.8 Å². The highest BCUT2D eigenvalue weighted by Gasteiger charge is 2.31. The lowest BCUT2D eigenvalue weighted by atomic mass is 10.3. The van der Waals surface area contributed by atoms with E-state index in [4.69, 9.17) is 4.98 Å². The zero-order valence-electron chi connectivity index (χ0n) is 10.6. The Morgan fingerprint density at radius 1 is 1.37 bits per heavy atom. The lowest BCUT2D eigenvalue weighted by molar-refractivity contribution is 0.532. The lowest BCUT2D eigenvalue weighted by Crippen LogP contribution is -2.32. The number of fused-ring (bicyclic) bond motifs is 1. The molecule has 0 radical (unpaired) electrons. The number of halogens is 1. The topological polar surface area (TPSA) is 29.9 Å². The lowest BCUT2D eigenvalue weighted by Gasteiger charge is -2.23. The van der Waals surface area contributed by atoms with Crippen molar-refractivity contribution in [3.63, 3.8) is 0 Å². The molecule has 4 rings (SSSR count). The summed E-state index contributed by atoms with van der Waals surface area (Å²) in [4.78, 5) is 4.71. The molecule has 1 saturated carbocycles. The van der Waals surface area contributed by atoms with E-state index in [0.717, 1.165) is 34.9 Å². The maximum atomic E-state index is 13.4. The highest BCUT2D eigenvalue weighted by atomic mass is 32.2. The van der Waals surface area contributed by atoms with E-state index in [9.17, 15) is 4.39 Å². The maximum absolute atomic E-state index is 13.4. The average molecular weight is 277 g/mol. The molecule has 0 spiro atoms. The van der Waals surface area contributed by atoms with Crippen LogP contribution in [0.4, 0.5) is 4.39 Å². The van der Waals surface area contributed by atoms with Crippen molar-refractivity contribution in [3.8, 4) is 0 Å². The summed E-state index contributed by atoms with van der Waals surface area (Å²) in [5.41, 5.74) is 1.87. The molecule has 100 valence electrons. The molecule has 1 aromatic carbocycles. The second-order valence-corrected chi connectivity index (χ2v) is 6.44. The zero-order chi connectivity index (χ0) is 12.8. The third kappa shape index (κ3) is 2.05. The monoisotopic (exact) mass is 277 g/mol. The first-order valence-electron chi connectivity index (χ1n) is 6.81. The van der Waals surface area contributed by atoms with Crippen LogP contribution in [0.1, 0.15) is 30.7 Å². The fraction of sp³-hybridized carbons (Fsp3) is 0.500. The van der Waals surface area contributed by atoms with Crippen LogP contribution in [0, 0.1) is 5.82 Å². The predicted molar refractivity (Wildman–Crippen MR) is 76.0 cm³/mol. The summed E-state index contributed by atoms with van der Waals surface area (Å²) in [6.45, 7) is 1.03. The fourth-order valence-corrected chi connectivity index (χ4v) is 3.72. The van der Waals surface area contributed by atoms with Crippen LogP contribution in [0.25, 0.3) is 11.0 Å². The molecule has 2 fully saturated rings. The van der Waals surface area contributed by atoms with Gasteiger partial charge in [0.1, 0.15) is 11.6 Å². The highest BCUT2D eigenvalue weighted by Crippen LogP contribution is 2.40. The van der Waals surface area contributed by atoms with Gasteiger partial charge in [0.15, 0.2) is 0 Å². The van der Waals surface area contributed by atoms with Crippen molar-refractivity contribution in [2.45, 2.75) is 24.9 Å². The predicted octanol–water partition coefficient (Wildman–Crippen LogP) is 2.89. The molecule has 19 heavy (non-hydrogen) atoms. The molecule has 2 aliphatic rings. The van der Waals surface area contributed by atoms with Gasteiger partial charge in [-0.1, -0.05) is 0 Å². The van der Waals surface area contributed by atoms with E-state index in [1.807, 2.05) is 17.8 Å². The quantitative estimate of drug-likeness (QED) is 0.915. The largest absolute Gasteiger partial charge is 0.324 e. The number of hydrogen-bond donors (Lipinski definition) is 1. The molecular formula is C14H16FN3S. The van der Waals surface area contributed by atoms with E-state index in [2.05, 4.69) is 9.88 Å².